The third-order valence-electron chi connectivity index (χ3n) is 8.62. The standard InChI is InChI=1S/C37H47N9O6/c1-24(2)34-39-20-27(21-40-34)22-45-14-12-29-23-46(44-43-29)16-17-52-31-11-10-28(19-32(31)51-4)35(48)41-30(18-26-8-6-5-7-9-26)36(49)42-33(25(3)47)37(50)38-13-15-45/h5-11,19-21,23-25,30,33,47H,12-18,22H2,1-4H3,(H,38,50)(H,41,48)(H,42,49)/t25-,30-,33+/m1/s1. The summed E-state index contributed by atoms with van der Waals surface area (Å²) in [5.41, 5.74) is 2.74. The second-order valence-electron chi connectivity index (χ2n) is 13.1. The van der Waals surface area contributed by atoms with Crippen LogP contribution in [0.5, 0.6) is 11.5 Å². The molecule has 0 aliphatic carbocycles. The normalized spacial score (nSPS) is 18.9. The fourth-order valence-electron chi connectivity index (χ4n) is 5.69. The lowest BCUT2D eigenvalue weighted by Gasteiger charge is -2.26. The molecule has 0 unspecified atom stereocenters. The Morgan fingerprint density at radius 1 is 0.962 bits per heavy atom. The van der Waals surface area contributed by atoms with Gasteiger partial charge in [0.2, 0.25) is 11.8 Å². The van der Waals surface area contributed by atoms with Crippen molar-refractivity contribution < 1.29 is 29.0 Å². The first-order chi connectivity index (χ1) is 25.1. The van der Waals surface area contributed by atoms with Gasteiger partial charge in [0, 0.05) is 74.7 Å². The second kappa shape index (κ2) is 18.2. The average molecular weight is 714 g/mol. The number of rotatable bonds is 7. The number of carbonyl (C=O) groups excluding carboxylic acids is 3. The maximum absolute atomic E-state index is 13.8. The van der Waals surface area contributed by atoms with Gasteiger partial charge in [0.1, 0.15) is 24.5 Å². The van der Waals surface area contributed by atoms with Crippen molar-refractivity contribution in [3.63, 3.8) is 0 Å². The van der Waals surface area contributed by atoms with Crippen LogP contribution in [0, 0.1) is 0 Å². The Hall–Kier alpha value is -5.41. The van der Waals surface area contributed by atoms with Gasteiger partial charge in [-0.3, -0.25) is 19.3 Å². The molecule has 2 aliphatic rings. The van der Waals surface area contributed by atoms with Crippen molar-refractivity contribution in [2.75, 3.05) is 33.4 Å². The van der Waals surface area contributed by atoms with Gasteiger partial charge < -0.3 is 30.5 Å². The van der Waals surface area contributed by atoms with Crippen molar-refractivity contribution in [2.45, 2.75) is 70.8 Å². The Morgan fingerprint density at radius 3 is 2.44 bits per heavy atom. The first-order valence-electron chi connectivity index (χ1n) is 17.4. The zero-order valence-corrected chi connectivity index (χ0v) is 30.0. The summed E-state index contributed by atoms with van der Waals surface area (Å²) in [5.74, 6) is 0.0267. The Morgan fingerprint density at radius 2 is 1.73 bits per heavy atom. The summed E-state index contributed by atoms with van der Waals surface area (Å²) in [6.07, 6.45) is 5.00. The molecule has 2 aromatic carbocycles. The van der Waals surface area contributed by atoms with Gasteiger partial charge in [-0.15, -0.1) is 5.10 Å². The lowest BCUT2D eigenvalue weighted by atomic mass is 10.0. The molecule has 2 aliphatic heterocycles. The van der Waals surface area contributed by atoms with Gasteiger partial charge >= 0.3 is 0 Å². The first-order valence-corrected chi connectivity index (χ1v) is 17.4. The van der Waals surface area contributed by atoms with E-state index in [9.17, 15) is 19.5 Å². The van der Waals surface area contributed by atoms with Crippen LogP contribution in [0.15, 0.2) is 67.1 Å². The van der Waals surface area contributed by atoms with E-state index in [1.54, 1.807) is 16.8 Å². The molecule has 4 aromatic rings. The number of nitrogens with one attached hydrogen (secondary N) is 3. The zero-order valence-electron chi connectivity index (χ0n) is 30.0. The minimum atomic E-state index is -1.28. The van der Waals surface area contributed by atoms with E-state index in [0.717, 1.165) is 22.6 Å². The van der Waals surface area contributed by atoms with Crippen LogP contribution in [-0.4, -0.2) is 104 Å². The SMILES string of the molecule is COc1cc2ccc1OCCn1cc(nn1)CCN(Cc1cnc(C(C)C)nc1)CCNC(=O)[C@H]([C@@H](C)O)NC(=O)[C@@H](Cc1ccccc1)NC2=O. The Balaban J connectivity index is 1.40. The molecule has 15 nitrogen and oxygen atoms in total. The molecular weight excluding hydrogens is 666 g/mol. The molecule has 3 atom stereocenters. The van der Waals surface area contributed by atoms with Crippen LogP contribution in [0.3, 0.4) is 0 Å². The number of benzene rings is 2. The molecule has 0 saturated carbocycles. The molecule has 0 fully saturated rings. The summed E-state index contributed by atoms with van der Waals surface area (Å²) in [6.45, 7) is 8.00. The number of aliphatic hydroxyl groups excluding tert-OH is 1. The largest absolute Gasteiger partial charge is 0.493 e. The fourth-order valence-corrected chi connectivity index (χ4v) is 5.69. The third kappa shape index (κ3) is 10.6. The fraction of sp³-hybridized carbons (Fsp3) is 0.432. The van der Waals surface area contributed by atoms with Gasteiger partial charge in [0.25, 0.3) is 5.91 Å². The van der Waals surface area contributed by atoms with Crippen molar-refractivity contribution in [1.82, 2.24) is 45.8 Å². The molecule has 0 radical (unpaired) electrons. The van der Waals surface area contributed by atoms with Crippen LogP contribution in [0.4, 0.5) is 0 Å². The number of fused-ring (bicyclic) bond motifs is 16. The first kappa shape index (κ1) is 37.8. The highest BCUT2D eigenvalue weighted by molar-refractivity contribution is 5.99. The highest BCUT2D eigenvalue weighted by atomic mass is 16.5. The van der Waals surface area contributed by atoms with Gasteiger partial charge in [-0.05, 0) is 30.7 Å². The molecule has 4 heterocycles. The van der Waals surface area contributed by atoms with E-state index in [-0.39, 0.29) is 31.1 Å². The van der Waals surface area contributed by atoms with Crippen LogP contribution < -0.4 is 25.4 Å². The van der Waals surface area contributed by atoms with E-state index in [2.05, 4.69) is 41.1 Å². The summed E-state index contributed by atoms with van der Waals surface area (Å²) < 4.78 is 13.2. The molecule has 15 heteroatoms. The van der Waals surface area contributed by atoms with Gasteiger partial charge in [-0.25, -0.2) is 14.6 Å². The van der Waals surface area contributed by atoms with Gasteiger partial charge in [-0.1, -0.05) is 49.4 Å². The van der Waals surface area contributed by atoms with Crippen LogP contribution in [0.25, 0.3) is 0 Å². The second-order valence-corrected chi connectivity index (χ2v) is 13.1. The van der Waals surface area contributed by atoms with Crippen molar-refractivity contribution in [1.29, 1.82) is 0 Å². The number of amides is 3. The van der Waals surface area contributed by atoms with Crippen LogP contribution in [0.1, 0.15) is 59.7 Å². The molecule has 0 spiro atoms. The maximum Gasteiger partial charge on any atom is 0.252 e. The van der Waals surface area contributed by atoms with Crippen molar-refractivity contribution in [3.8, 4) is 11.5 Å². The topological polar surface area (TPSA) is 186 Å². The number of methoxy groups -OCH3 is 1. The minimum Gasteiger partial charge on any atom is -0.493 e. The maximum atomic E-state index is 13.8. The molecule has 52 heavy (non-hydrogen) atoms. The summed E-state index contributed by atoms with van der Waals surface area (Å²) in [5, 5.41) is 27.6. The minimum absolute atomic E-state index is 0.144. The predicted molar refractivity (Wildman–Crippen MR) is 192 cm³/mol. The summed E-state index contributed by atoms with van der Waals surface area (Å²) in [7, 11) is 1.48. The number of aliphatic hydroxyl groups is 1. The van der Waals surface area contributed by atoms with E-state index >= 15 is 0 Å². The molecule has 4 bridgehead atoms. The molecule has 6 rings (SSSR count). The Bertz CT molecular complexity index is 1780. The quantitative estimate of drug-likeness (QED) is 0.204. The van der Waals surface area contributed by atoms with E-state index in [0.29, 0.717) is 44.1 Å². The van der Waals surface area contributed by atoms with E-state index in [1.165, 1.54) is 20.1 Å². The number of hydrogen-bond donors (Lipinski definition) is 4. The molecule has 2 aromatic heterocycles. The van der Waals surface area contributed by atoms with E-state index < -0.39 is 35.9 Å². The molecule has 3 amide bonds. The lowest BCUT2D eigenvalue weighted by molar-refractivity contribution is -0.132. The van der Waals surface area contributed by atoms with Gasteiger partial charge in [0.15, 0.2) is 11.5 Å². The predicted octanol–water partition coefficient (Wildman–Crippen LogP) is 1.66. The molecule has 0 saturated heterocycles. The highest BCUT2D eigenvalue weighted by Crippen LogP contribution is 2.28. The lowest BCUT2D eigenvalue weighted by Crippen LogP contribution is -2.58. The third-order valence-corrected chi connectivity index (χ3v) is 8.62. The van der Waals surface area contributed by atoms with Gasteiger partial charge in [-0.2, -0.15) is 0 Å². The zero-order chi connectivity index (χ0) is 37.0. The number of aromatic nitrogens is 5. The van der Waals surface area contributed by atoms with Crippen LogP contribution in [-0.2, 0) is 35.5 Å². The number of hydrogen-bond acceptors (Lipinski definition) is 11. The van der Waals surface area contributed by atoms with Crippen molar-refractivity contribution >= 4 is 17.7 Å². The number of nitrogens with zero attached hydrogens (tertiary/aromatic N) is 6. The summed E-state index contributed by atoms with van der Waals surface area (Å²) >= 11 is 0. The van der Waals surface area contributed by atoms with Crippen molar-refractivity contribution in [2.24, 2.45) is 0 Å². The van der Waals surface area contributed by atoms with Crippen LogP contribution >= 0.6 is 0 Å². The van der Waals surface area contributed by atoms with E-state index in [1.807, 2.05) is 62.8 Å². The smallest absolute Gasteiger partial charge is 0.252 e. The van der Waals surface area contributed by atoms with Crippen molar-refractivity contribution in [3.05, 3.63) is 95.3 Å². The van der Waals surface area contributed by atoms with Gasteiger partial charge in [0.05, 0.1) is 25.5 Å². The number of ether oxygens (including phenoxy) is 2. The van der Waals surface area contributed by atoms with E-state index in [4.69, 9.17) is 9.47 Å². The average Bonchev–Trinajstić information content (AvgIpc) is 3.60. The molecule has 4 N–H and O–H groups in total. The van der Waals surface area contributed by atoms with Crippen LogP contribution in [0.2, 0.25) is 0 Å². The Labute approximate surface area is 303 Å². The number of carbonyl (C=O) groups is 3. The monoisotopic (exact) mass is 713 g/mol. The molecule has 276 valence electrons. The summed E-state index contributed by atoms with van der Waals surface area (Å²) in [6, 6.07) is 11.6. The highest BCUT2D eigenvalue weighted by Gasteiger charge is 2.30. The summed E-state index contributed by atoms with van der Waals surface area (Å²) in [4.78, 5) is 51.9. The Kier molecular flexibility index (Phi) is 13.2. The molecular formula is C37H47N9O6.